The number of rotatable bonds is 8. The molecule has 33 heavy (non-hydrogen) atoms. The zero-order valence-corrected chi connectivity index (χ0v) is 20.4. The van der Waals surface area contributed by atoms with E-state index in [9.17, 15) is 19.5 Å². The van der Waals surface area contributed by atoms with Crippen LogP contribution in [0.15, 0.2) is 24.3 Å². The number of carbonyl (C=O) groups excluding carboxylic acids is 3. The molecule has 2 unspecified atom stereocenters. The maximum absolute atomic E-state index is 13.6. The van der Waals surface area contributed by atoms with E-state index in [0.29, 0.717) is 18.7 Å². The molecule has 3 aliphatic rings. The van der Waals surface area contributed by atoms with Crippen LogP contribution in [-0.2, 0) is 14.4 Å². The molecule has 3 heterocycles. The van der Waals surface area contributed by atoms with Crippen LogP contribution >= 0.6 is 11.8 Å². The number of β-amino-alcohol motifs (C(OH)–C–C–N with tert-alkyl or cyclic N) is 1. The first-order valence-electron chi connectivity index (χ1n) is 11.6. The summed E-state index contributed by atoms with van der Waals surface area (Å²) in [5.41, 5.74) is 0.639. The Hall–Kier alpha value is -2.26. The van der Waals surface area contributed by atoms with Crippen LogP contribution in [0, 0.1) is 11.8 Å². The second kappa shape index (κ2) is 8.83. The van der Waals surface area contributed by atoms with Crippen molar-refractivity contribution >= 4 is 35.2 Å². The molecule has 3 amide bonds. The van der Waals surface area contributed by atoms with Gasteiger partial charge >= 0.3 is 0 Å². The maximum atomic E-state index is 13.6. The van der Waals surface area contributed by atoms with Gasteiger partial charge in [0.2, 0.25) is 17.7 Å². The lowest BCUT2D eigenvalue weighted by molar-refractivity contribution is -0.140. The van der Waals surface area contributed by atoms with Crippen molar-refractivity contribution in [1.82, 2.24) is 10.2 Å². The fraction of sp³-hybridized carbons (Fsp3) is 0.625. The Kier molecular flexibility index (Phi) is 6.39. The molecular formula is C24H33N3O5S. The highest BCUT2D eigenvalue weighted by atomic mass is 32.2. The van der Waals surface area contributed by atoms with Crippen molar-refractivity contribution in [2.24, 2.45) is 11.8 Å². The van der Waals surface area contributed by atoms with E-state index in [1.807, 2.05) is 27.7 Å². The van der Waals surface area contributed by atoms with Gasteiger partial charge in [-0.2, -0.15) is 0 Å². The van der Waals surface area contributed by atoms with Crippen LogP contribution in [0.2, 0.25) is 0 Å². The summed E-state index contributed by atoms with van der Waals surface area (Å²) < 4.78 is 4.36. The number of hydrogen-bond donors (Lipinski definition) is 3. The second-order valence-electron chi connectivity index (χ2n) is 9.59. The topological polar surface area (TPSA) is 108 Å². The molecule has 0 radical (unpaired) electrons. The number of nitrogens with zero attached hydrogens (tertiary/aromatic N) is 1. The standard InChI is InChI=1S/C24H33N3O5S/c1-5-32-16-8-6-15(7-9-16)26-20(29)17-18-22(31)27(12-13-28)19(21(30)25-14(2)3)24(18)11-10-23(17,4)33-24/h6-9,14,17-19,28H,5,10-13H2,1-4H3,(H,25,30)(H,26,29)/t17-,18-,19?,23+,24?/m0/s1. The maximum Gasteiger partial charge on any atom is 0.244 e. The average Bonchev–Trinajstić information content (AvgIpc) is 3.31. The molecule has 4 rings (SSSR count). The number of hydrogen-bond acceptors (Lipinski definition) is 6. The molecule has 8 nitrogen and oxygen atoms in total. The summed E-state index contributed by atoms with van der Waals surface area (Å²) >= 11 is 1.62. The Morgan fingerprint density at radius 2 is 1.94 bits per heavy atom. The molecule has 5 atom stereocenters. The number of ether oxygens (including phenoxy) is 1. The molecule has 1 spiro atoms. The number of nitrogens with one attached hydrogen (secondary N) is 2. The van der Waals surface area contributed by atoms with E-state index < -0.39 is 27.4 Å². The van der Waals surface area contributed by atoms with Gasteiger partial charge < -0.3 is 25.4 Å². The number of amides is 3. The average molecular weight is 476 g/mol. The zero-order chi connectivity index (χ0) is 24.0. The molecule has 9 heteroatoms. The molecule has 3 aliphatic heterocycles. The first kappa shape index (κ1) is 23.9. The third-order valence-corrected chi connectivity index (χ3v) is 9.00. The first-order chi connectivity index (χ1) is 15.7. The summed E-state index contributed by atoms with van der Waals surface area (Å²) in [6, 6.07) is 6.40. The van der Waals surface area contributed by atoms with Crippen molar-refractivity contribution in [2.75, 3.05) is 25.1 Å². The van der Waals surface area contributed by atoms with Gasteiger partial charge in [0.1, 0.15) is 11.8 Å². The third kappa shape index (κ3) is 3.89. The van der Waals surface area contributed by atoms with Crippen molar-refractivity contribution < 1.29 is 24.2 Å². The van der Waals surface area contributed by atoms with Crippen molar-refractivity contribution in [3.63, 3.8) is 0 Å². The van der Waals surface area contributed by atoms with Gasteiger partial charge in [-0.1, -0.05) is 0 Å². The van der Waals surface area contributed by atoms with Crippen LogP contribution in [0.1, 0.15) is 40.5 Å². The van der Waals surface area contributed by atoms with E-state index >= 15 is 0 Å². The second-order valence-corrected chi connectivity index (χ2v) is 11.5. The van der Waals surface area contributed by atoms with Crippen LogP contribution < -0.4 is 15.4 Å². The molecule has 180 valence electrons. The van der Waals surface area contributed by atoms with Crippen molar-refractivity contribution in [2.45, 2.75) is 62.1 Å². The quantitative estimate of drug-likeness (QED) is 0.531. The number of fused-ring (bicyclic) bond motifs is 1. The minimum atomic E-state index is -0.695. The van der Waals surface area contributed by atoms with Crippen molar-refractivity contribution in [3.05, 3.63) is 24.3 Å². The lowest BCUT2D eigenvalue weighted by Gasteiger charge is -2.35. The Morgan fingerprint density at radius 3 is 2.55 bits per heavy atom. The van der Waals surface area contributed by atoms with E-state index in [0.717, 1.165) is 12.2 Å². The molecule has 1 aromatic rings. The van der Waals surface area contributed by atoms with Gasteiger partial charge in [0.15, 0.2) is 0 Å². The number of benzene rings is 1. The summed E-state index contributed by atoms with van der Waals surface area (Å²) in [6.45, 7) is 8.12. The minimum absolute atomic E-state index is 0.0722. The lowest BCUT2D eigenvalue weighted by Crippen LogP contribution is -2.55. The summed E-state index contributed by atoms with van der Waals surface area (Å²) in [4.78, 5) is 41.9. The van der Waals surface area contributed by atoms with Crippen LogP contribution in [0.5, 0.6) is 5.75 Å². The molecule has 3 fully saturated rings. The van der Waals surface area contributed by atoms with Gasteiger partial charge in [-0.05, 0) is 64.8 Å². The predicted molar refractivity (Wildman–Crippen MR) is 127 cm³/mol. The van der Waals surface area contributed by atoms with Gasteiger partial charge in [0.25, 0.3) is 0 Å². The molecule has 3 N–H and O–H groups in total. The smallest absolute Gasteiger partial charge is 0.244 e. The Bertz CT molecular complexity index is 939. The molecule has 0 saturated carbocycles. The number of anilines is 1. The van der Waals surface area contributed by atoms with E-state index in [2.05, 4.69) is 10.6 Å². The number of carbonyl (C=O) groups is 3. The van der Waals surface area contributed by atoms with Crippen LogP contribution in [-0.4, -0.2) is 69.1 Å². The van der Waals surface area contributed by atoms with Gasteiger partial charge in [0, 0.05) is 23.0 Å². The van der Waals surface area contributed by atoms with E-state index in [1.165, 1.54) is 4.90 Å². The van der Waals surface area contributed by atoms with Crippen molar-refractivity contribution in [3.8, 4) is 5.75 Å². The number of likely N-dealkylation sites (tertiary alicyclic amines) is 1. The molecule has 1 aromatic carbocycles. The summed E-state index contributed by atoms with van der Waals surface area (Å²) in [5, 5.41) is 15.6. The fourth-order valence-corrected chi connectivity index (χ4v) is 8.22. The van der Waals surface area contributed by atoms with Crippen LogP contribution in [0.4, 0.5) is 5.69 Å². The lowest BCUT2D eigenvalue weighted by atomic mass is 9.66. The zero-order valence-electron chi connectivity index (χ0n) is 19.6. The minimum Gasteiger partial charge on any atom is -0.494 e. The SMILES string of the molecule is CCOc1ccc(NC(=O)[C@@H]2[C@H]3C(=O)N(CCO)C(C(=O)NC(C)C)C34CC[C@@]2(C)S4)cc1. The van der Waals surface area contributed by atoms with E-state index in [1.54, 1.807) is 36.0 Å². The summed E-state index contributed by atoms with van der Waals surface area (Å²) in [5.74, 6) is -1.06. The largest absolute Gasteiger partial charge is 0.494 e. The van der Waals surface area contributed by atoms with E-state index in [-0.39, 0.29) is 36.9 Å². The van der Waals surface area contributed by atoms with Gasteiger partial charge in [0.05, 0.1) is 29.8 Å². The number of thioether (sulfide) groups is 1. The van der Waals surface area contributed by atoms with Gasteiger partial charge in [-0.3, -0.25) is 14.4 Å². The normalized spacial score (nSPS) is 32.2. The Morgan fingerprint density at radius 1 is 1.24 bits per heavy atom. The first-order valence-corrected chi connectivity index (χ1v) is 12.4. The molecule has 2 bridgehead atoms. The third-order valence-electron chi connectivity index (χ3n) is 7.01. The molecule has 3 saturated heterocycles. The van der Waals surface area contributed by atoms with E-state index in [4.69, 9.17) is 4.74 Å². The molecule has 0 aliphatic carbocycles. The van der Waals surface area contributed by atoms with Crippen LogP contribution in [0.3, 0.4) is 0 Å². The van der Waals surface area contributed by atoms with Gasteiger partial charge in [-0.25, -0.2) is 0 Å². The molecule has 0 aromatic heterocycles. The Balaban J connectivity index is 1.64. The Labute approximate surface area is 198 Å². The number of aliphatic hydroxyl groups is 1. The highest BCUT2D eigenvalue weighted by Gasteiger charge is 2.77. The molecular weight excluding hydrogens is 442 g/mol. The predicted octanol–water partition coefficient (Wildman–Crippen LogP) is 2.02. The fourth-order valence-electron chi connectivity index (χ4n) is 5.86. The van der Waals surface area contributed by atoms with Gasteiger partial charge in [-0.15, -0.1) is 11.8 Å². The highest BCUT2D eigenvalue weighted by Crippen LogP contribution is 2.71. The summed E-state index contributed by atoms with van der Waals surface area (Å²) in [7, 11) is 0. The van der Waals surface area contributed by atoms with Crippen molar-refractivity contribution in [1.29, 1.82) is 0 Å². The van der Waals surface area contributed by atoms with Crippen LogP contribution in [0.25, 0.3) is 0 Å². The monoisotopic (exact) mass is 475 g/mol. The highest BCUT2D eigenvalue weighted by molar-refractivity contribution is 8.02. The summed E-state index contributed by atoms with van der Waals surface area (Å²) in [6.07, 6.45) is 1.44. The number of aliphatic hydroxyl groups excluding tert-OH is 1.